The van der Waals surface area contributed by atoms with Gasteiger partial charge in [-0.15, -0.1) is 10.2 Å². The monoisotopic (exact) mass is 466 g/mol. The Labute approximate surface area is 181 Å². The Bertz CT molecular complexity index is 1200. The topological polar surface area (TPSA) is 92.3 Å². The highest BCUT2D eigenvalue weighted by molar-refractivity contribution is 7.89. The molecule has 1 amide bonds. The normalized spacial score (nSPS) is 17.2. The van der Waals surface area contributed by atoms with Crippen LogP contribution in [0.1, 0.15) is 33.7 Å². The van der Waals surface area contributed by atoms with Gasteiger partial charge in [0.15, 0.2) is 0 Å². The van der Waals surface area contributed by atoms with Gasteiger partial charge >= 0.3 is 0 Å². The molecule has 2 heterocycles. The van der Waals surface area contributed by atoms with E-state index in [1.807, 2.05) is 0 Å². The molecular formula is C19H16ClFN4O3S2. The maximum atomic E-state index is 13.8. The molecule has 4 rings (SSSR count). The molecule has 7 nitrogen and oxygen atoms in total. The van der Waals surface area contributed by atoms with Crippen molar-refractivity contribution in [3.63, 3.8) is 0 Å². The third kappa shape index (κ3) is 4.08. The predicted octanol–water partition coefficient (Wildman–Crippen LogP) is 4.11. The fraction of sp³-hybridized carbons (Fsp3) is 0.211. The number of para-hydroxylation sites is 1. The number of hydrogen-bond acceptors (Lipinski definition) is 6. The lowest BCUT2D eigenvalue weighted by atomic mass is 10.2. The lowest BCUT2D eigenvalue weighted by molar-refractivity contribution is 0.102. The van der Waals surface area contributed by atoms with Gasteiger partial charge in [0.2, 0.25) is 15.0 Å². The molecule has 3 aromatic rings. The van der Waals surface area contributed by atoms with E-state index in [0.717, 1.165) is 11.3 Å². The van der Waals surface area contributed by atoms with E-state index >= 15 is 0 Å². The van der Waals surface area contributed by atoms with Gasteiger partial charge in [-0.1, -0.05) is 41.1 Å². The van der Waals surface area contributed by atoms with Crippen molar-refractivity contribution in [1.82, 2.24) is 14.5 Å². The molecule has 1 aliphatic rings. The molecule has 156 valence electrons. The molecule has 1 aliphatic heterocycles. The minimum Gasteiger partial charge on any atom is -0.317 e. The number of hydrogen-bond donors (Lipinski definition) is 1. The number of rotatable bonds is 5. The Balaban J connectivity index is 1.56. The van der Waals surface area contributed by atoms with Crippen LogP contribution in [-0.2, 0) is 10.0 Å². The maximum absolute atomic E-state index is 13.8. The first-order valence-corrected chi connectivity index (χ1v) is 11.7. The van der Waals surface area contributed by atoms with E-state index in [1.54, 1.807) is 18.2 Å². The number of sulfonamides is 1. The molecule has 0 radical (unpaired) electrons. The fourth-order valence-electron chi connectivity index (χ4n) is 3.24. The number of carbonyl (C=O) groups is 1. The van der Waals surface area contributed by atoms with E-state index in [9.17, 15) is 17.6 Å². The molecule has 0 saturated carbocycles. The van der Waals surface area contributed by atoms with Gasteiger partial charge in [-0.3, -0.25) is 4.79 Å². The van der Waals surface area contributed by atoms with E-state index < -0.39 is 27.8 Å². The molecule has 1 aromatic heterocycles. The van der Waals surface area contributed by atoms with E-state index in [4.69, 9.17) is 11.6 Å². The van der Waals surface area contributed by atoms with Gasteiger partial charge in [-0.2, -0.15) is 4.31 Å². The highest BCUT2D eigenvalue weighted by Gasteiger charge is 2.38. The number of nitrogens with zero attached hydrogens (tertiary/aromatic N) is 3. The van der Waals surface area contributed by atoms with Gasteiger partial charge in [0.25, 0.3) is 5.91 Å². The van der Waals surface area contributed by atoms with E-state index in [0.29, 0.717) is 29.4 Å². The quantitative estimate of drug-likeness (QED) is 0.611. The smallest absolute Gasteiger partial charge is 0.286 e. The van der Waals surface area contributed by atoms with Crippen LogP contribution in [-0.4, -0.2) is 35.4 Å². The van der Waals surface area contributed by atoms with E-state index in [1.165, 1.54) is 34.6 Å². The second kappa shape index (κ2) is 8.38. The molecule has 0 bridgehead atoms. The van der Waals surface area contributed by atoms with Crippen molar-refractivity contribution in [1.29, 1.82) is 0 Å². The van der Waals surface area contributed by atoms with Crippen LogP contribution in [0.3, 0.4) is 0 Å². The second-order valence-corrected chi connectivity index (χ2v) is 9.95. The first-order chi connectivity index (χ1) is 14.4. The van der Waals surface area contributed by atoms with Gasteiger partial charge in [0.05, 0.1) is 16.6 Å². The number of anilines is 1. The maximum Gasteiger partial charge on any atom is 0.286 e. The third-order valence-corrected chi connectivity index (χ3v) is 7.81. The van der Waals surface area contributed by atoms with Crippen molar-refractivity contribution in [3.05, 3.63) is 69.4 Å². The van der Waals surface area contributed by atoms with Crippen molar-refractivity contribution >= 4 is 44.6 Å². The lowest BCUT2D eigenvalue weighted by Gasteiger charge is -2.22. The molecule has 1 saturated heterocycles. The van der Waals surface area contributed by atoms with Crippen LogP contribution in [0, 0.1) is 5.82 Å². The average molecular weight is 467 g/mol. The summed E-state index contributed by atoms with van der Waals surface area (Å²) >= 11 is 6.95. The largest absolute Gasteiger partial charge is 0.317 e. The highest BCUT2D eigenvalue weighted by Crippen LogP contribution is 2.38. The van der Waals surface area contributed by atoms with Crippen molar-refractivity contribution < 1.29 is 17.6 Å². The molecule has 0 spiro atoms. The average Bonchev–Trinajstić information content (AvgIpc) is 3.39. The first kappa shape index (κ1) is 20.9. The Kier molecular flexibility index (Phi) is 5.83. The summed E-state index contributed by atoms with van der Waals surface area (Å²) in [6.45, 7) is 0.329. The second-order valence-electron chi connectivity index (χ2n) is 6.61. The van der Waals surface area contributed by atoms with Gasteiger partial charge < -0.3 is 5.32 Å². The molecule has 1 N–H and O–H groups in total. The van der Waals surface area contributed by atoms with Crippen LogP contribution in [0.25, 0.3) is 0 Å². The number of nitrogens with one attached hydrogen (secondary N) is 1. The molecule has 2 aromatic carbocycles. The summed E-state index contributed by atoms with van der Waals surface area (Å²) in [5.41, 5.74) is 0.0327. The zero-order valence-corrected chi connectivity index (χ0v) is 17.8. The Morgan fingerprint density at radius 2 is 2.00 bits per heavy atom. The molecule has 0 unspecified atom stereocenters. The summed E-state index contributed by atoms with van der Waals surface area (Å²) < 4.78 is 41.3. The Morgan fingerprint density at radius 3 is 2.77 bits per heavy atom. The van der Waals surface area contributed by atoms with Crippen molar-refractivity contribution in [2.45, 2.75) is 23.8 Å². The van der Waals surface area contributed by atoms with Crippen LogP contribution in [0.15, 0.2) is 53.4 Å². The van der Waals surface area contributed by atoms with Crippen molar-refractivity contribution in [3.8, 4) is 0 Å². The summed E-state index contributed by atoms with van der Waals surface area (Å²) in [6, 6.07) is 11.3. The number of halogens is 2. The number of aromatic nitrogens is 2. The van der Waals surface area contributed by atoms with E-state index in [-0.39, 0.29) is 15.6 Å². The highest BCUT2D eigenvalue weighted by atomic mass is 35.5. The molecule has 11 heteroatoms. The number of carbonyl (C=O) groups excluding carboxylic acids is 1. The van der Waals surface area contributed by atoms with Gasteiger partial charge in [0.1, 0.15) is 10.8 Å². The van der Waals surface area contributed by atoms with E-state index in [2.05, 4.69) is 15.5 Å². The lowest BCUT2D eigenvalue weighted by Crippen LogP contribution is -2.30. The standard InChI is InChI=1S/C19H16ClFN4O3S2/c20-12-5-3-6-13(11-12)30(27,28)25-10-4-9-16(25)18-23-24-19(29-18)17(26)22-15-8-2-1-7-14(15)21/h1-3,5-8,11,16H,4,9-10H2,(H,22,26)/t16-/m1/s1. The number of amides is 1. The van der Waals surface area contributed by atoms with Crippen LogP contribution >= 0.6 is 22.9 Å². The van der Waals surface area contributed by atoms with Crippen LogP contribution in [0.5, 0.6) is 0 Å². The summed E-state index contributed by atoms with van der Waals surface area (Å²) in [6.07, 6.45) is 1.21. The van der Waals surface area contributed by atoms with Crippen LogP contribution in [0.4, 0.5) is 10.1 Å². The summed E-state index contributed by atoms with van der Waals surface area (Å²) in [7, 11) is -3.79. The molecule has 1 fully saturated rings. The first-order valence-electron chi connectivity index (χ1n) is 9.03. The van der Waals surface area contributed by atoms with Crippen LogP contribution < -0.4 is 5.32 Å². The number of benzene rings is 2. The zero-order valence-electron chi connectivity index (χ0n) is 15.5. The van der Waals surface area contributed by atoms with Crippen molar-refractivity contribution in [2.24, 2.45) is 0 Å². The van der Waals surface area contributed by atoms with Crippen LogP contribution in [0.2, 0.25) is 5.02 Å². The summed E-state index contributed by atoms with van der Waals surface area (Å²) in [5, 5.41) is 11.1. The van der Waals surface area contributed by atoms with Gasteiger partial charge in [0, 0.05) is 11.6 Å². The van der Waals surface area contributed by atoms with Gasteiger partial charge in [-0.25, -0.2) is 12.8 Å². The molecule has 1 atom stereocenters. The minimum absolute atomic E-state index is 0.0280. The third-order valence-electron chi connectivity index (χ3n) is 4.65. The molecule has 0 aliphatic carbocycles. The zero-order chi connectivity index (χ0) is 21.3. The summed E-state index contributed by atoms with van der Waals surface area (Å²) in [5.74, 6) is -1.17. The summed E-state index contributed by atoms with van der Waals surface area (Å²) in [4.78, 5) is 12.5. The fourth-order valence-corrected chi connectivity index (χ4v) is 6.15. The van der Waals surface area contributed by atoms with Gasteiger partial charge in [-0.05, 0) is 43.2 Å². The minimum atomic E-state index is -3.79. The predicted molar refractivity (Wildman–Crippen MR) is 112 cm³/mol. The molecular weight excluding hydrogens is 451 g/mol. The SMILES string of the molecule is O=C(Nc1ccccc1F)c1nnc([C@H]2CCCN2S(=O)(=O)c2cccc(Cl)c2)s1. The Hall–Kier alpha value is -2.40. The molecule has 30 heavy (non-hydrogen) atoms. The Morgan fingerprint density at radius 1 is 1.20 bits per heavy atom. The van der Waals surface area contributed by atoms with Crippen molar-refractivity contribution in [2.75, 3.05) is 11.9 Å².